The number of aromatic nitrogens is 4. The largest absolute Gasteiger partial charge is 0.339 e. The van der Waals surface area contributed by atoms with Crippen molar-refractivity contribution in [3.05, 3.63) is 64.3 Å². The molecule has 8 heteroatoms. The Balaban J connectivity index is 1.31. The Hall–Kier alpha value is -2.84. The molecule has 0 unspecified atom stereocenters. The van der Waals surface area contributed by atoms with E-state index in [-0.39, 0.29) is 5.56 Å². The summed E-state index contributed by atoms with van der Waals surface area (Å²) in [5.74, 6) is 2.45. The van der Waals surface area contributed by atoms with Crippen LogP contribution in [0.25, 0.3) is 20.7 Å². The van der Waals surface area contributed by atoms with Gasteiger partial charge in [-0.25, -0.2) is 4.98 Å². The molecular weight excluding hydrogens is 386 g/mol. The van der Waals surface area contributed by atoms with Gasteiger partial charge in [-0.2, -0.15) is 4.98 Å². The van der Waals surface area contributed by atoms with E-state index in [1.807, 2.05) is 31.2 Å². The minimum atomic E-state index is -0.0698. The molecule has 0 amide bonds. The van der Waals surface area contributed by atoms with Crippen molar-refractivity contribution in [2.45, 2.75) is 32.2 Å². The van der Waals surface area contributed by atoms with Crippen LogP contribution in [0.2, 0.25) is 0 Å². The molecule has 5 rings (SSSR count). The molecule has 4 aromatic rings. The van der Waals surface area contributed by atoms with Gasteiger partial charge in [0.2, 0.25) is 5.89 Å². The number of fused-ring (bicyclic) bond motifs is 1. The van der Waals surface area contributed by atoms with Gasteiger partial charge >= 0.3 is 0 Å². The molecule has 0 spiro atoms. The number of rotatable bonds is 4. The maximum absolute atomic E-state index is 12.6. The van der Waals surface area contributed by atoms with Crippen LogP contribution >= 0.6 is 11.3 Å². The highest BCUT2D eigenvalue weighted by Gasteiger charge is 2.25. The molecule has 1 aliphatic heterocycles. The second-order valence-corrected chi connectivity index (χ2v) is 8.47. The van der Waals surface area contributed by atoms with Crippen molar-refractivity contribution < 1.29 is 4.52 Å². The fourth-order valence-electron chi connectivity index (χ4n) is 3.82. The topological polar surface area (TPSA) is 87.9 Å². The van der Waals surface area contributed by atoms with Crippen molar-refractivity contribution in [1.82, 2.24) is 25.0 Å². The van der Waals surface area contributed by atoms with E-state index in [0.29, 0.717) is 23.7 Å². The number of hydrogen-bond acceptors (Lipinski definition) is 7. The van der Waals surface area contributed by atoms with Gasteiger partial charge in [0.25, 0.3) is 5.56 Å². The summed E-state index contributed by atoms with van der Waals surface area (Å²) in [6.07, 6.45) is 1.93. The van der Waals surface area contributed by atoms with E-state index in [2.05, 4.69) is 32.2 Å². The third kappa shape index (κ3) is 3.73. The van der Waals surface area contributed by atoms with Crippen molar-refractivity contribution in [2.75, 3.05) is 13.1 Å². The molecule has 0 radical (unpaired) electrons. The van der Waals surface area contributed by atoms with Crippen molar-refractivity contribution >= 4 is 21.6 Å². The summed E-state index contributed by atoms with van der Waals surface area (Å²) in [6, 6.07) is 12.0. The zero-order valence-electron chi connectivity index (χ0n) is 16.1. The lowest BCUT2D eigenvalue weighted by Gasteiger charge is -2.29. The third-order valence-corrected chi connectivity index (χ3v) is 6.44. The predicted octanol–water partition coefficient (Wildman–Crippen LogP) is 3.72. The van der Waals surface area contributed by atoms with Gasteiger partial charge in [-0.3, -0.25) is 9.69 Å². The highest BCUT2D eigenvalue weighted by molar-refractivity contribution is 7.21. The number of likely N-dealkylation sites (tertiary alicyclic amines) is 1. The van der Waals surface area contributed by atoms with Gasteiger partial charge < -0.3 is 9.51 Å². The normalized spacial score (nSPS) is 15.9. The summed E-state index contributed by atoms with van der Waals surface area (Å²) in [5.41, 5.74) is 1.04. The van der Waals surface area contributed by atoms with Crippen LogP contribution in [-0.4, -0.2) is 38.1 Å². The number of aryl methyl sites for hydroxylation is 1. The Bertz CT molecular complexity index is 1190. The predicted molar refractivity (Wildman–Crippen MR) is 112 cm³/mol. The number of aromatic amines is 1. The van der Waals surface area contributed by atoms with Crippen molar-refractivity contribution in [2.24, 2.45) is 0 Å². The van der Waals surface area contributed by atoms with Gasteiger partial charge in [-0.05, 0) is 44.5 Å². The minimum absolute atomic E-state index is 0.0698. The molecular formula is C21H21N5O2S. The SMILES string of the molecule is Cc1noc(C2CCN(Cc3nc4sc(-c5ccccc5)cc4c(=O)[nH]3)CC2)n1. The fourth-order valence-corrected chi connectivity index (χ4v) is 4.88. The van der Waals surface area contributed by atoms with Crippen LogP contribution < -0.4 is 5.56 Å². The molecule has 3 aromatic heterocycles. The number of nitrogens with one attached hydrogen (secondary N) is 1. The first kappa shape index (κ1) is 18.2. The Kier molecular flexibility index (Phi) is 4.73. The maximum Gasteiger partial charge on any atom is 0.259 e. The molecule has 7 nitrogen and oxygen atoms in total. The second-order valence-electron chi connectivity index (χ2n) is 7.44. The number of hydrogen-bond donors (Lipinski definition) is 1. The number of piperidine rings is 1. The van der Waals surface area contributed by atoms with Crippen LogP contribution in [-0.2, 0) is 6.54 Å². The highest BCUT2D eigenvalue weighted by Crippen LogP contribution is 2.31. The van der Waals surface area contributed by atoms with Crippen LogP contribution in [0.1, 0.15) is 36.3 Å². The average molecular weight is 407 g/mol. The monoisotopic (exact) mass is 407 g/mol. The molecule has 1 aromatic carbocycles. The number of benzene rings is 1. The smallest absolute Gasteiger partial charge is 0.259 e. The van der Waals surface area contributed by atoms with E-state index in [1.165, 1.54) is 0 Å². The second kappa shape index (κ2) is 7.53. The van der Waals surface area contributed by atoms with Crippen molar-refractivity contribution in [3.8, 4) is 10.4 Å². The quantitative estimate of drug-likeness (QED) is 0.555. The Morgan fingerprint density at radius 3 is 2.72 bits per heavy atom. The van der Waals surface area contributed by atoms with Gasteiger partial charge in [0.1, 0.15) is 10.7 Å². The first-order valence-corrected chi connectivity index (χ1v) is 10.6. The van der Waals surface area contributed by atoms with E-state index in [1.54, 1.807) is 11.3 Å². The molecule has 0 saturated carbocycles. The van der Waals surface area contributed by atoms with Crippen molar-refractivity contribution in [3.63, 3.8) is 0 Å². The van der Waals surface area contributed by atoms with E-state index < -0.39 is 0 Å². The molecule has 0 atom stereocenters. The van der Waals surface area contributed by atoms with Crippen LogP contribution in [0.15, 0.2) is 45.7 Å². The van der Waals surface area contributed by atoms with Gasteiger partial charge in [0.15, 0.2) is 5.82 Å². The summed E-state index contributed by atoms with van der Waals surface area (Å²) in [7, 11) is 0. The van der Waals surface area contributed by atoms with Gasteiger partial charge in [-0.15, -0.1) is 11.3 Å². The van der Waals surface area contributed by atoms with Gasteiger partial charge in [0.05, 0.1) is 11.9 Å². The standard InChI is InChI=1S/C21H21N5O2S/c1-13-22-20(28-25-13)15-7-9-26(10-8-15)12-18-23-19(27)16-11-17(29-21(16)24-18)14-5-3-2-4-6-14/h2-6,11,15H,7-10,12H2,1H3,(H,23,24,27). The molecule has 148 valence electrons. The number of H-pyrrole nitrogens is 1. The minimum Gasteiger partial charge on any atom is -0.339 e. The highest BCUT2D eigenvalue weighted by atomic mass is 32.1. The van der Waals surface area contributed by atoms with Crippen LogP contribution in [0, 0.1) is 6.92 Å². The van der Waals surface area contributed by atoms with E-state index in [0.717, 1.165) is 52.9 Å². The maximum atomic E-state index is 12.6. The zero-order chi connectivity index (χ0) is 19.8. The lowest BCUT2D eigenvalue weighted by atomic mass is 9.97. The van der Waals surface area contributed by atoms with Crippen LogP contribution in [0.4, 0.5) is 0 Å². The zero-order valence-corrected chi connectivity index (χ0v) is 16.9. The van der Waals surface area contributed by atoms with Gasteiger partial charge in [-0.1, -0.05) is 35.5 Å². The lowest BCUT2D eigenvalue weighted by Crippen LogP contribution is -2.33. The van der Waals surface area contributed by atoms with E-state index in [4.69, 9.17) is 9.51 Å². The molecule has 0 aliphatic carbocycles. The van der Waals surface area contributed by atoms with Crippen molar-refractivity contribution in [1.29, 1.82) is 0 Å². The Morgan fingerprint density at radius 2 is 2.00 bits per heavy atom. The summed E-state index contributed by atoms with van der Waals surface area (Å²) in [4.78, 5) is 28.8. The first-order chi connectivity index (χ1) is 14.2. The number of nitrogens with zero attached hydrogens (tertiary/aromatic N) is 4. The fraction of sp³-hybridized carbons (Fsp3) is 0.333. The molecule has 1 fully saturated rings. The number of thiophene rings is 1. The summed E-state index contributed by atoms with van der Waals surface area (Å²) >= 11 is 1.56. The van der Waals surface area contributed by atoms with E-state index in [9.17, 15) is 4.79 Å². The molecule has 29 heavy (non-hydrogen) atoms. The van der Waals surface area contributed by atoms with Crippen LogP contribution in [0.3, 0.4) is 0 Å². The molecule has 0 bridgehead atoms. The summed E-state index contributed by atoms with van der Waals surface area (Å²) in [6.45, 7) is 4.30. The third-order valence-electron chi connectivity index (χ3n) is 5.36. The summed E-state index contributed by atoms with van der Waals surface area (Å²) in [5, 5.41) is 4.55. The Morgan fingerprint density at radius 1 is 1.21 bits per heavy atom. The molecule has 4 heterocycles. The van der Waals surface area contributed by atoms with Crippen LogP contribution in [0.5, 0.6) is 0 Å². The average Bonchev–Trinajstić information content (AvgIpc) is 3.36. The lowest BCUT2D eigenvalue weighted by molar-refractivity contribution is 0.184. The molecule has 1 aliphatic rings. The molecule has 1 N–H and O–H groups in total. The Labute approximate surface area is 171 Å². The van der Waals surface area contributed by atoms with E-state index >= 15 is 0 Å². The molecule has 1 saturated heterocycles. The summed E-state index contributed by atoms with van der Waals surface area (Å²) < 4.78 is 5.32. The van der Waals surface area contributed by atoms with Gasteiger partial charge in [0, 0.05) is 10.8 Å². The first-order valence-electron chi connectivity index (χ1n) is 9.76.